The lowest BCUT2D eigenvalue weighted by molar-refractivity contribution is -0.141. The van der Waals surface area contributed by atoms with Crippen LogP contribution in [0.25, 0.3) is 0 Å². The van der Waals surface area contributed by atoms with Crippen LogP contribution in [-0.4, -0.2) is 59.5 Å². The van der Waals surface area contributed by atoms with Crippen LogP contribution >= 0.6 is 0 Å². The quantitative estimate of drug-likeness (QED) is 0.778. The molecule has 5 heteroatoms. The van der Waals surface area contributed by atoms with Crippen LogP contribution in [0, 0.1) is 5.92 Å². The van der Waals surface area contributed by atoms with Crippen molar-refractivity contribution < 1.29 is 14.7 Å². The van der Waals surface area contributed by atoms with Gasteiger partial charge in [-0.25, -0.2) is 0 Å². The molecular formula is C13H24N2O3. The maximum Gasteiger partial charge on any atom is 0.248 e. The van der Waals surface area contributed by atoms with Crippen LogP contribution in [0.2, 0.25) is 0 Å². The Labute approximate surface area is 109 Å². The Morgan fingerprint density at radius 2 is 1.61 bits per heavy atom. The molecule has 18 heavy (non-hydrogen) atoms. The minimum Gasteiger partial charge on any atom is -0.387 e. The Bertz CT molecular complexity index is 286. The monoisotopic (exact) mass is 256 g/mol. The molecule has 1 saturated heterocycles. The van der Waals surface area contributed by atoms with Gasteiger partial charge in [-0.15, -0.1) is 0 Å². The molecule has 1 atom stereocenters. The second-order valence-corrected chi connectivity index (χ2v) is 5.02. The molecule has 0 radical (unpaired) electrons. The van der Waals surface area contributed by atoms with E-state index in [2.05, 4.69) is 13.8 Å². The van der Waals surface area contributed by atoms with E-state index in [-0.39, 0.29) is 11.8 Å². The van der Waals surface area contributed by atoms with Gasteiger partial charge in [-0.2, -0.15) is 0 Å². The van der Waals surface area contributed by atoms with E-state index in [0.29, 0.717) is 38.5 Å². The minimum absolute atomic E-state index is 0.187. The molecule has 0 aromatic rings. The first kappa shape index (κ1) is 15.0. The molecule has 1 heterocycles. The lowest BCUT2D eigenvalue weighted by Crippen LogP contribution is -2.51. The number of nitrogens with zero attached hydrogens (tertiary/aromatic N) is 2. The zero-order valence-electron chi connectivity index (χ0n) is 11.4. The molecule has 0 aromatic carbocycles. The van der Waals surface area contributed by atoms with Gasteiger partial charge in [0.2, 0.25) is 11.8 Å². The van der Waals surface area contributed by atoms with Gasteiger partial charge in [0.05, 0.1) is 0 Å². The van der Waals surface area contributed by atoms with E-state index >= 15 is 0 Å². The molecular weight excluding hydrogens is 232 g/mol. The predicted molar refractivity (Wildman–Crippen MR) is 68.9 cm³/mol. The van der Waals surface area contributed by atoms with E-state index in [1.165, 1.54) is 0 Å². The second-order valence-electron chi connectivity index (χ2n) is 5.02. The number of carbonyl (C=O) groups is 2. The van der Waals surface area contributed by atoms with Gasteiger partial charge in [0.1, 0.15) is 6.61 Å². The van der Waals surface area contributed by atoms with Gasteiger partial charge in [-0.1, -0.05) is 26.7 Å². The number of aliphatic hydroxyl groups is 1. The zero-order chi connectivity index (χ0) is 13.5. The number of hydrogen-bond donors (Lipinski definition) is 1. The van der Waals surface area contributed by atoms with Crippen LogP contribution in [0.3, 0.4) is 0 Å². The first-order valence-corrected chi connectivity index (χ1v) is 6.74. The first-order chi connectivity index (χ1) is 8.58. The fourth-order valence-electron chi connectivity index (χ4n) is 2.33. The average molecular weight is 256 g/mol. The van der Waals surface area contributed by atoms with E-state index in [9.17, 15) is 9.59 Å². The summed E-state index contributed by atoms with van der Waals surface area (Å²) in [4.78, 5) is 26.7. The van der Waals surface area contributed by atoms with Crippen molar-refractivity contribution in [2.45, 2.75) is 33.1 Å². The van der Waals surface area contributed by atoms with E-state index < -0.39 is 6.61 Å². The Morgan fingerprint density at radius 1 is 1.11 bits per heavy atom. The van der Waals surface area contributed by atoms with E-state index in [1.807, 2.05) is 4.90 Å². The molecule has 1 fully saturated rings. The molecule has 0 bridgehead atoms. The molecule has 1 aliphatic heterocycles. The van der Waals surface area contributed by atoms with Gasteiger partial charge in [0, 0.05) is 32.6 Å². The van der Waals surface area contributed by atoms with E-state index in [4.69, 9.17) is 5.11 Å². The summed E-state index contributed by atoms with van der Waals surface area (Å²) in [7, 11) is 0. The minimum atomic E-state index is -0.443. The Kier molecular flexibility index (Phi) is 6.12. The summed E-state index contributed by atoms with van der Waals surface area (Å²) in [5.74, 6) is 0.369. The molecule has 0 aliphatic carbocycles. The summed E-state index contributed by atoms with van der Waals surface area (Å²) in [6.07, 6.45) is 2.78. The lowest BCUT2D eigenvalue weighted by atomic mass is 10.0. The lowest BCUT2D eigenvalue weighted by Gasteiger charge is -2.35. The van der Waals surface area contributed by atoms with Crippen LogP contribution in [0.15, 0.2) is 0 Å². The van der Waals surface area contributed by atoms with Crippen molar-refractivity contribution in [2.75, 3.05) is 32.8 Å². The fraction of sp³-hybridized carbons (Fsp3) is 0.846. The number of carbonyl (C=O) groups excluding carboxylic acids is 2. The highest BCUT2D eigenvalue weighted by Gasteiger charge is 2.24. The summed E-state index contributed by atoms with van der Waals surface area (Å²) in [5, 5.41) is 8.77. The van der Waals surface area contributed by atoms with Crippen LogP contribution in [-0.2, 0) is 9.59 Å². The highest BCUT2D eigenvalue weighted by molar-refractivity contribution is 5.79. The highest BCUT2D eigenvalue weighted by Crippen LogP contribution is 2.13. The normalized spacial score (nSPS) is 17.7. The smallest absolute Gasteiger partial charge is 0.248 e. The summed E-state index contributed by atoms with van der Waals surface area (Å²) in [5.41, 5.74) is 0. The standard InChI is InChI=1S/C13H24N2O3/c1-3-4-11(2)9-12(17)14-5-7-15(8-6-14)13(18)10-16/h11,16H,3-10H2,1-2H3. The van der Waals surface area contributed by atoms with Crippen molar-refractivity contribution in [3.05, 3.63) is 0 Å². The predicted octanol–water partition coefficient (Wildman–Crippen LogP) is 0.476. The maximum absolute atomic E-state index is 12.0. The molecule has 1 rings (SSSR count). The van der Waals surface area contributed by atoms with Crippen LogP contribution in [0.5, 0.6) is 0 Å². The van der Waals surface area contributed by atoms with Crippen molar-refractivity contribution in [3.63, 3.8) is 0 Å². The summed E-state index contributed by atoms with van der Waals surface area (Å²) >= 11 is 0. The molecule has 2 amide bonds. The van der Waals surface area contributed by atoms with Gasteiger partial charge in [-0.05, 0) is 5.92 Å². The van der Waals surface area contributed by atoms with Gasteiger partial charge in [0.25, 0.3) is 0 Å². The SMILES string of the molecule is CCCC(C)CC(=O)N1CCN(C(=O)CO)CC1. The van der Waals surface area contributed by atoms with Crippen LogP contribution in [0.1, 0.15) is 33.1 Å². The largest absolute Gasteiger partial charge is 0.387 e. The van der Waals surface area contributed by atoms with Crippen molar-refractivity contribution in [3.8, 4) is 0 Å². The Morgan fingerprint density at radius 3 is 2.06 bits per heavy atom. The summed E-state index contributed by atoms with van der Waals surface area (Å²) < 4.78 is 0. The highest BCUT2D eigenvalue weighted by atomic mass is 16.3. The third kappa shape index (κ3) is 4.29. The van der Waals surface area contributed by atoms with Gasteiger partial charge < -0.3 is 14.9 Å². The zero-order valence-corrected chi connectivity index (χ0v) is 11.4. The molecule has 104 valence electrons. The maximum atomic E-state index is 12.0. The molecule has 1 unspecified atom stereocenters. The average Bonchev–Trinajstić information content (AvgIpc) is 2.38. The summed E-state index contributed by atoms with van der Waals surface area (Å²) in [6, 6.07) is 0. The third-order valence-electron chi connectivity index (χ3n) is 3.42. The topological polar surface area (TPSA) is 60.9 Å². The number of piperazine rings is 1. The molecule has 0 aromatic heterocycles. The Hall–Kier alpha value is -1.10. The van der Waals surface area contributed by atoms with Crippen molar-refractivity contribution in [1.82, 2.24) is 9.80 Å². The third-order valence-corrected chi connectivity index (χ3v) is 3.42. The number of amides is 2. The van der Waals surface area contributed by atoms with Crippen molar-refractivity contribution in [1.29, 1.82) is 0 Å². The molecule has 0 saturated carbocycles. The van der Waals surface area contributed by atoms with E-state index in [0.717, 1.165) is 12.8 Å². The van der Waals surface area contributed by atoms with Gasteiger partial charge >= 0.3 is 0 Å². The van der Waals surface area contributed by atoms with Crippen LogP contribution < -0.4 is 0 Å². The second kappa shape index (κ2) is 7.36. The first-order valence-electron chi connectivity index (χ1n) is 6.74. The summed E-state index contributed by atoms with van der Waals surface area (Å²) in [6.45, 7) is 6.03. The van der Waals surface area contributed by atoms with Crippen molar-refractivity contribution in [2.24, 2.45) is 5.92 Å². The van der Waals surface area contributed by atoms with Crippen molar-refractivity contribution >= 4 is 11.8 Å². The van der Waals surface area contributed by atoms with Gasteiger partial charge in [0.15, 0.2) is 0 Å². The fourth-order valence-corrected chi connectivity index (χ4v) is 2.33. The number of rotatable bonds is 5. The Balaban J connectivity index is 2.33. The van der Waals surface area contributed by atoms with Gasteiger partial charge in [-0.3, -0.25) is 9.59 Å². The molecule has 1 aliphatic rings. The molecule has 1 N–H and O–H groups in total. The van der Waals surface area contributed by atoms with Crippen LogP contribution in [0.4, 0.5) is 0 Å². The number of aliphatic hydroxyl groups excluding tert-OH is 1. The number of hydrogen-bond acceptors (Lipinski definition) is 3. The molecule has 5 nitrogen and oxygen atoms in total. The molecule has 0 spiro atoms. The van der Waals surface area contributed by atoms with E-state index in [1.54, 1.807) is 4.90 Å².